The van der Waals surface area contributed by atoms with Gasteiger partial charge in [-0.1, -0.05) is 54.6 Å². The number of rotatable bonds is 9. The lowest BCUT2D eigenvalue weighted by Gasteiger charge is -2.43. The van der Waals surface area contributed by atoms with E-state index < -0.39 is 0 Å². The molecule has 3 aromatic carbocycles. The molecule has 0 radical (unpaired) electrons. The summed E-state index contributed by atoms with van der Waals surface area (Å²) in [5.74, 6) is -0.282. The van der Waals surface area contributed by atoms with Crippen LogP contribution in [0.3, 0.4) is 0 Å². The van der Waals surface area contributed by atoms with E-state index in [-0.39, 0.29) is 17.6 Å². The smallest absolute Gasteiger partial charge is 0.123 e. The molecule has 3 nitrogen and oxygen atoms in total. The Morgan fingerprint density at radius 1 is 0.649 bits per heavy atom. The molecular weight excluding hydrogens is 464 g/mol. The Hall–Kier alpha value is -2.60. The van der Waals surface area contributed by atoms with Crippen LogP contribution in [0, 0.1) is 11.6 Å². The normalized spacial score (nSPS) is 18.5. The van der Waals surface area contributed by atoms with Gasteiger partial charge in [0.1, 0.15) is 11.6 Å². The highest BCUT2D eigenvalue weighted by atomic mass is 19.1. The third-order valence-electron chi connectivity index (χ3n) is 8.24. The summed E-state index contributed by atoms with van der Waals surface area (Å²) in [6.07, 6.45) is 4.54. The predicted octanol–water partition coefficient (Wildman–Crippen LogP) is 6.16. The largest absolute Gasteiger partial charge is 0.303 e. The SMILES string of the molecule is Fc1ccc(C(CCCN2CCC(N3CCN(Cc4ccccc4)CC3)CC2)c2ccc(F)cc2)cc1. The first-order valence-corrected chi connectivity index (χ1v) is 13.9. The zero-order chi connectivity index (χ0) is 25.5. The standard InChI is InChI=1S/C32H39F2N3/c33-29-12-8-27(9-13-29)32(28-10-14-30(34)15-11-28)7-4-18-35-19-16-31(17-20-35)37-23-21-36(22-24-37)25-26-5-2-1-3-6-26/h1-3,5-6,8-15,31-32H,4,7,16-25H2. The fourth-order valence-corrected chi connectivity index (χ4v) is 6.07. The Morgan fingerprint density at radius 3 is 1.78 bits per heavy atom. The Morgan fingerprint density at radius 2 is 1.22 bits per heavy atom. The van der Waals surface area contributed by atoms with E-state index in [9.17, 15) is 8.78 Å². The zero-order valence-electron chi connectivity index (χ0n) is 21.7. The second-order valence-corrected chi connectivity index (χ2v) is 10.7. The second kappa shape index (κ2) is 12.8. The van der Waals surface area contributed by atoms with Crippen LogP contribution in [-0.2, 0) is 6.54 Å². The van der Waals surface area contributed by atoms with Crippen molar-refractivity contribution in [1.82, 2.24) is 14.7 Å². The van der Waals surface area contributed by atoms with E-state index in [1.807, 2.05) is 24.3 Å². The zero-order valence-corrected chi connectivity index (χ0v) is 21.7. The van der Waals surface area contributed by atoms with Gasteiger partial charge in [-0.25, -0.2) is 8.78 Å². The van der Waals surface area contributed by atoms with Crippen LogP contribution in [0.25, 0.3) is 0 Å². The van der Waals surface area contributed by atoms with Gasteiger partial charge in [0.25, 0.3) is 0 Å². The topological polar surface area (TPSA) is 9.72 Å². The molecule has 0 unspecified atom stereocenters. The molecule has 3 aromatic rings. The number of piperidine rings is 1. The summed E-state index contributed by atoms with van der Waals surface area (Å²) >= 11 is 0. The van der Waals surface area contributed by atoms with Gasteiger partial charge in [-0.05, 0) is 86.3 Å². The molecule has 2 aliphatic rings. The number of hydrogen-bond donors (Lipinski definition) is 0. The van der Waals surface area contributed by atoms with Gasteiger partial charge < -0.3 is 4.90 Å². The van der Waals surface area contributed by atoms with Gasteiger partial charge in [0.05, 0.1) is 0 Å². The van der Waals surface area contributed by atoms with E-state index in [4.69, 9.17) is 0 Å². The van der Waals surface area contributed by atoms with Gasteiger partial charge in [0.15, 0.2) is 0 Å². The highest BCUT2D eigenvalue weighted by molar-refractivity contribution is 5.32. The Bertz CT molecular complexity index is 1030. The van der Waals surface area contributed by atoms with Crippen molar-refractivity contribution in [1.29, 1.82) is 0 Å². The minimum atomic E-state index is -0.220. The average molecular weight is 504 g/mol. The highest BCUT2D eigenvalue weighted by Gasteiger charge is 2.27. The molecule has 2 aliphatic heterocycles. The van der Waals surface area contributed by atoms with E-state index in [1.54, 1.807) is 0 Å². The number of hydrogen-bond acceptors (Lipinski definition) is 3. The average Bonchev–Trinajstić information content (AvgIpc) is 2.94. The van der Waals surface area contributed by atoms with Crippen molar-refractivity contribution in [3.63, 3.8) is 0 Å². The molecule has 0 aliphatic carbocycles. The number of halogens is 2. The predicted molar refractivity (Wildman–Crippen MR) is 147 cm³/mol. The van der Waals surface area contributed by atoms with Crippen LogP contribution in [0.5, 0.6) is 0 Å². The monoisotopic (exact) mass is 503 g/mol. The van der Waals surface area contributed by atoms with Crippen molar-refractivity contribution in [2.24, 2.45) is 0 Å². The van der Waals surface area contributed by atoms with Crippen molar-refractivity contribution >= 4 is 0 Å². The molecule has 5 heteroatoms. The van der Waals surface area contributed by atoms with Gasteiger partial charge in [-0.15, -0.1) is 0 Å². The Kier molecular flexibility index (Phi) is 8.98. The Labute approximate surface area is 220 Å². The Balaban J connectivity index is 1.06. The lowest BCUT2D eigenvalue weighted by Crippen LogP contribution is -2.53. The summed E-state index contributed by atoms with van der Waals surface area (Å²) in [4.78, 5) is 7.91. The molecule has 0 bridgehead atoms. The molecule has 2 heterocycles. The molecule has 0 spiro atoms. The fraction of sp³-hybridized carbons (Fsp3) is 0.438. The van der Waals surface area contributed by atoms with Crippen LogP contribution in [0.4, 0.5) is 8.78 Å². The van der Waals surface area contributed by atoms with Crippen LogP contribution < -0.4 is 0 Å². The molecule has 37 heavy (non-hydrogen) atoms. The van der Waals surface area contributed by atoms with E-state index >= 15 is 0 Å². The van der Waals surface area contributed by atoms with Gasteiger partial charge in [0.2, 0.25) is 0 Å². The van der Waals surface area contributed by atoms with E-state index in [0.717, 1.165) is 63.2 Å². The first-order valence-electron chi connectivity index (χ1n) is 13.9. The van der Waals surface area contributed by atoms with E-state index in [1.165, 1.54) is 55.8 Å². The van der Waals surface area contributed by atoms with E-state index in [2.05, 4.69) is 45.0 Å². The van der Waals surface area contributed by atoms with Crippen molar-refractivity contribution < 1.29 is 8.78 Å². The van der Waals surface area contributed by atoms with Gasteiger partial charge in [-0.3, -0.25) is 9.80 Å². The van der Waals surface area contributed by atoms with Crippen LogP contribution in [0.15, 0.2) is 78.9 Å². The van der Waals surface area contributed by atoms with Gasteiger partial charge in [0, 0.05) is 44.7 Å². The molecule has 5 rings (SSSR count). The number of benzene rings is 3. The highest BCUT2D eigenvalue weighted by Crippen LogP contribution is 2.30. The molecule has 196 valence electrons. The summed E-state index contributed by atoms with van der Waals surface area (Å²) in [5, 5.41) is 0. The molecule has 0 aromatic heterocycles. The maximum atomic E-state index is 13.5. The summed E-state index contributed by atoms with van der Waals surface area (Å²) in [5.41, 5.74) is 3.60. The van der Waals surface area contributed by atoms with Crippen LogP contribution in [0.1, 0.15) is 48.3 Å². The fourth-order valence-electron chi connectivity index (χ4n) is 6.07. The number of piperazine rings is 1. The van der Waals surface area contributed by atoms with Crippen LogP contribution in [-0.4, -0.2) is 66.6 Å². The minimum Gasteiger partial charge on any atom is -0.303 e. The first kappa shape index (κ1) is 26.0. The quantitative estimate of drug-likeness (QED) is 0.346. The molecule has 2 saturated heterocycles. The summed E-state index contributed by atoms with van der Waals surface area (Å²) in [7, 11) is 0. The summed E-state index contributed by atoms with van der Waals surface area (Å²) in [6, 6.07) is 25.1. The molecular formula is C32H39F2N3. The first-order chi connectivity index (χ1) is 18.1. The lowest BCUT2D eigenvalue weighted by molar-refractivity contribution is 0.0563. The third-order valence-corrected chi connectivity index (χ3v) is 8.24. The molecule has 0 saturated carbocycles. The van der Waals surface area contributed by atoms with Gasteiger partial charge in [-0.2, -0.15) is 0 Å². The summed E-state index contributed by atoms with van der Waals surface area (Å²) in [6.45, 7) is 9.12. The third kappa shape index (κ3) is 7.25. The maximum absolute atomic E-state index is 13.5. The van der Waals surface area contributed by atoms with Crippen molar-refractivity contribution in [2.45, 2.75) is 44.2 Å². The number of nitrogens with zero attached hydrogens (tertiary/aromatic N) is 3. The molecule has 0 N–H and O–H groups in total. The maximum Gasteiger partial charge on any atom is 0.123 e. The minimum absolute atomic E-state index is 0.158. The second-order valence-electron chi connectivity index (χ2n) is 10.7. The van der Waals surface area contributed by atoms with Crippen molar-refractivity contribution in [2.75, 3.05) is 45.8 Å². The molecule has 2 fully saturated rings. The number of likely N-dealkylation sites (tertiary alicyclic amines) is 1. The van der Waals surface area contributed by atoms with Crippen molar-refractivity contribution in [3.05, 3.63) is 107 Å². The molecule has 0 atom stereocenters. The molecule has 0 amide bonds. The lowest BCUT2D eigenvalue weighted by atomic mass is 9.87. The van der Waals surface area contributed by atoms with Crippen LogP contribution in [0.2, 0.25) is 0 Å². The van der Waals surface area contributed by atoms with Crippen LogP contribution >= 0.6 is 0 Å². The van der Waals surface area contributed by atoms with E-state index in [0.29, 0.717) is 6.04 Å². The van der Waals surface area contributed by atoms with Gasteiger partial charge >= 0.3 is 0 Å². The summed E-state index contributed by atoms with van der Waals surface area (Å²) < 4.78 is 27.0. The van der Waals surface area contributed by atoms with Crippen molar-refractivity contribution in [3.8, 4) is 0 Å².